The van der Waals surface area contributed by atoms with Crippen molar-refractivity contribution in [1.82, 2.24) is 4.57 Å². The second-order valence-electron chi connectivity index (χ2n) is 13.5. The number of benzene rings is 8. The van der Waals surface area contributed by atoms with Crippen molar-refractivity contribution in [3.05, 3.63) is 229 Å². The van der Waals surface area contributed by atoms with Crippen molar-refractivity contribution in [2.75, 3.05) is 4.90 Å². The van der Waals surface area contributed by atoms with Crippen LogP contribution in [0.1, 0.15) is 22.3 Å². The van der Waals surface area contributed by atoms with E-state index in [1.54, 1.807) is 0 Å². The lowest BCUT2D eigenvalue weighted by Crippen LogP contribution is -2.09. The largest absolute Gasteiger partial charge is 0.311 e. The minimum absolute atomic E-state index is 1.13. The Labute approximate surface area is 316 Å². The summed E-state index contributed by atoms with van der Waals surface area (Å²) < 4.78 is 2.35. The zero-order valence-corrected chi connectivity index (χ0v) is 29.8. The van der Waals surface area contributed by atoms with Gasteiger partial charge in [-0.05, 0) is 100 Å². The van der Waals surface area contributed by atoms with Gasteiger partial charge in [-0.3, -0.25) is 0 Å². The van der Waals surface area contributed by atoms with Crippen LogP contribution in [0.4, 0.5) is 17.1 Å². The van der Waals surface area contributed by atoms with Gasteiger partial charge in [-0.1, -0.05) is 164 Å². The van der Waals surface area contributed by atoms with E-state index in [1.807, 2.05) is 0 Å². The maximum atomic E-state index is 2.35. The first kappa shape index (κ1) is 32.7. The Bertz CT molecular complexity index is 2670. The summed E-state index contributed by atoms with van der Waals surface area (Å²) in [4.78, 5) is 2.28. The van der Waals surface area contributed by atoms with Gasteiger partial charge in [0.15, 0.2) is 0 Å². The van der Waals surface area contributed by atoms with E-state index < -0.39 is 0 Å². The molecule has 9 aromatic rings. The van der Waals surface area contributed by atoms with Crippen LogP contribution < -0.4 is 4.90 Å². The molecule has 0 atom stereocenters. The van der Waals surface area contributed by atoms with Gasteiger partial charge in [0.2, 0.25) is 0 Å². The first-order valence-electron chi connectivity index (χ1n) is 18.4. The molecule has 2 heteroatoms. The normalized spacial score (nSPS) is 11.6. The van der Waals surface area contributed by atoms with E-state index in [1.165, 1.54) is 55.3 Å². The van der Waals surface area contributed by atoms with E-state index in [-0.39, 0.29) is 0 Å². The molecule has 0 aliphatic carbocycles. The molecule has 54 heavy (non-hydrogen) atoms. The van der Waals surface area contributed by atoms with Crippen LogP contribution in [0.25, 0.3) is 62.9 Å². The third kappa shape index (κ3) is 6.77. The Hall–Kier alpha value is -7.16. The van der Waals surface area contributed by atoms with Gasteiger partial charge in [-0.2, -0.15) is 0 Å². The lowest BCUT2D eigenvalue weighted by Gasteiger charge is -2.25. The van der Waals surface area contributed by atoms with Crippen LogP contribution in [0.15, 0.2) is 206 Å². The molecular formula is C52H38N2. The molecule has 0 saturated carbocycles. The number of hydrogen-bond acceptors (Lipinski definition) is 1. The molecule has 0 fully saturated rings. The van der Waals surface area contributed by atoms with Gasteiger partial charge in [-0.25, -0.2) is 0 Å². The molecule has 0 saturated heterocycles. The summed E-state index contributed by atoms with van der Waals surface area (Å²) in [6.07, 6.45) is 8.76. The van der Waals surface area contributed by atoms with Crippen LogP contribution >= 0.6 is 0 Å². The van der Waals surface area contributed by atoms with Crippen molar-refractivity contribution in [1.29, 1.82) is 0 Å². The molecule has 0 spiro atoms. The van der Waals surface area contributed by atoms with E-state index in [2.05, 4.69) is 240 Å². The van der Waals surface area contributed by atoms with Gasteiger partial charge in [-0.15, -0.1) is 0 Å². The SMILES string of the molecule is C(=Cc1ccc(N(c2ccccc2)c2ccccc2)cc1)c1ccc(-c2ccc(C=Cc3ccc4c(c3)c3ccccc3n4-c3ccccc3)cc2)cc1. The standard InChI is InChI=1S/C52H38N2/c1-4-12-45(13-5-1)53(46-14-6-2-7-15-46)48-35-28-41(29-36-48)21-20-39-24-31-43(32-25-39)44-33-26-40(27-34-44)22-23-42-30-37-52-50(38-42)49-18-10-11-19-51(49)54(52)47-16-8-3-9-17-47/h1-38H. The Morgan fingerprint density at radius 1 is 0.315 bits per heavy atom. The molecule has 2 nitrogen and oxygen atoms in total. The fourth-order valence-electron chi connectivity index (χ4n) is 7.24. The summed E-state index contributed by atoms with van der Waals surface area (Å²) in [5, 5.41) is 2.53. The van der Waals surface area contributed by atoms with Crippen LogP contribution in [0.2, 0.25) is 0 Å². The highest BCUT2D eigenvalue weighted by Crippen LogP contribution is 2.35. The molecule has 0 N–H and O–H groups in total. The van der Waals surface area contributed by atoms with Crippen LogP contribution in [0.5, 0.6) is 0 Å². The Morgan fingerprint density at radius 3 is 1.28 bits per heavy atom. The zero-order chi connectivity index (χ0) is 36.1. The molecular weight excluding hydrogens is 653 g/mol. The molecule has 1 aromatic heterocycles. The monoisotopic (exact) mass is 690 g/mol. The molecule has 9 rings (SSSR count). The summed E-state index contributed by atoms with van der Waals surface area (Å²) in [6, 6.07) is 73.3. The number of para-hydroxylation sites is 4. The smallest absolute Gasteiger partial charge is 0.0541 e. The number of hydrogen-bond donors (Lipinski definition) is 0. The Morgan fingerprint density at radius 2 is 0.722 bits per heavy atom. The molecule has 8 aromatic carbocycles. The van der Waals surface area contributed by atoms with Crippen LogP contribution in [0.3, 0.4) is 0 Å². The molecule has 1 heterocycles. The summed E-state index contributed by atoms with van der Waals surface area (Å²) in [5.74, 6) is 0. The summed E-state index contributed by atoms with van der Waals surface area (Å²) in [5.41, 5.74) is 14.1. The third-order valence-corrected chi connectivity index (χ3v) is 9.98. The summed E-state index contributed by atoms with van der Waals surface area (Å²) in [6.45, 7) is 0. The molecule has 256 valence electrons. The topological polar surface area (TPSA) is 8.17 Å². The quantitative estimate of drug-likeness (QED) is 0.137. The van der Waals surface area contributed by atoms with E-state index in [0.717, 1.165) is 22.6 Å². The van der Waals surface area contributed by atoms with Crippen LogP contribution in [-0.2, 0) is 0 Å². The number of nitrogens with zero attached hydrogens (tertiary/aromatic N) is 2. The number of aromatic nitrogens is 1. The van der Waals surface area contributed by atoms with Gasteiger partial charge in [0.25, 0.3) is 0 Å². The third-order valence-electron chi connectivity index (χ3n) is 9.98. The van der Waals surface area contributed by atoms with Crippen molar-refractivity contribution in [3.63, 3.8) is 0 Å². The van der Waals surface area contributed by atoms with Crippen molar-refractivity contribution in [3.8, 4) is 16.8 Å². The maximum Gasteiger partial charge on any atom is 0.0541 e. The van der Waals surface area contributed by atoms with Gasteiger partial charge in [0, 0.05) is 33.5 Å². The molecule has 0 radical (unpaired) electrons. The number of rotatable bonds is 9. The fourth-order valence-corrected chi connectivity index (χ4v) is 7.24. The molecule has 0 amide bonds. The minimum Gasteiger partial charge on any atom is -0.311 e. The lowest BCUT2D eigenvalue weighted by atomic mass is 10.0. The van der Waals surface area contributed by atoms with Gasteiger partial charge < -0.3 is 9.47 Å². The average Bonchev–Trinajstić information content (AvgIpc) is 3.58. The van der Waals surface area contributed by atoms with Crippen molar-refractivity contribution in [2.45, 2.75) is 0 Å². The Balaban J connectivity index is 0.878. The van der Waals surface area contributed by atoms with Gasteiger partial charge in [0.1, 0.15) is 0 Å². The molecule has 0 aliphatic rings. The first-order chi connectivity index (χ1) is 26.8. The predicted octanol–water partition coefficient (Wildman–Crippen LogP) is 14.3. The summed E-state index contributed by atoms with van der Waals surface area (Å²) in [7, 11) is 0. The van der Waals surface area contributed by atoms with E-state index in [0.29, 0.717) is 0 Å². The number of fused-ring (bicyclic) bond motifs is 3. The average molecular weight is 691 g/mol. The van der Waals surface area contributed by atoms with Gasteiger partial charge >= 0.3 is 0 Å². The van der Waals surface area contributed by atoms with E-state index in [9.17, 15) is 0 Å². The van der Waals surface area contributed by atoms with E-state index in [4.69, 9.17) is 0 Å². The maximum absolute atomic E-state index is 2.35. The number of anilines is 3. The minimum atomic E-state index is 1.13. The highest BCUT2D eigenvalue weighted by atomic mass is 15.1. The highest BCUT2D eigenvalue weighted by molar-refractivity contribution is 6.10. The van der Waals surface area contributed by atoms with Crippen molar-refractivity contribution < 1.29 is 0 Å². The highest BCUT2D eigenvalue weighted by Gasteiger charge is 2.13. The second kappa shape index (κ2) is 14.8. The molecule has 0 bridgehead atoms. The second-order valence-corrected chi connectivity index (χ2v) is 13.5. The van der Waals surface area contributed by atoms with Crippen LogP contribution in [0, 0.1) is 0 Å². The Kier molecular flexibility index (Phi) is 8.99. The zero-order valence-electron chi connectivity index (χ0n) is 29.8. The van der Waals surface area contributed by atoms with Crippen LogP contribution in [-0.4, -0.2) is 4.57 Å². The molecule has 0 unspecified atom stereocenters. The van der Waals surface area contributed by atoms with Crippen molar-refractivity contribution >= 4 is 63.2 Å². The van der Waals surface area contributed by atoms with Crippen molar-refractivity contribution in [2.24, 2.45) is 0 Å². The fraction of sp³-hybridized carbons (Fsp3) is 0. The summed E-state index contributed by atoms with van der Waals surface area (Å²) >= 11 is 0. The lowest BCUT2D eigenvalue weighted by molar-refractivity contribution is 1.18. The van der Waals surface area contributed by atoms with E-state index >= 15 is 0 Å². The predicted molar refractivity (Wildman–Crippen MR) is 232 cm³/mol. The molecule has 0 aliphatic heterocycles. The van der Waals surface area contributed by atoms with Gasteiger partial charge in [0.05, 0.1) is 11.0 Å². The first-order valence-corrected chi connectivity index (χ1v) is 18.4.